The minimum absolute atomic E-state index is 0.0210. The van der Waals surface area contributed by atoms with Crippen LogP contribution in [0.3, 0.4) is 0 Å². The zero-order chi connectivity index (χ0) is 21.8. The van der Waals surface area contributed by atoms with E-state index in [1.807, 2.05) is 47.1 Å². The summed E-state index contributed by atoms with van der Waals surface area (Å²) in [6.45, 7) is 0.0210. The fourth-order valence-electron chi connectivity index (χ4n) is 3.06. The van der Waals surface area contributed by atoms with Crippen LogP contribution in [0.2, 0.25) is 0 Å². The van der Waals surface area contributed by atoms with E-state index in [-0.39, 0.29) is 12.5 Å². The van der Waals surface area contributed by atoms with Crippen molar-refractivity contribution in [3.63, 3.8) is 0 Å². The molecule has 0 fully saturated rings. The summed E-state index contributed by atoms with van der Waals surface area (Å²) >= 11 is 1.61. The van der Waals surface area contributed by atoms with Crippen LogP contribution < -0.4 is 5.32 Å². The van der Waals surface area contributed by atoms with Gasteiger partial charge >= 0.3 is 6.18 Å². The van der Waals surface area contributed by atoms with Gasteiger partial charge in [-0.15, -0.1) is 11.8 Å². The second kappa shape index (κ2) is 8.85. The van der Waals surface area contributed by atoms with Crippen LogP contribution in [-0.2, 0) is 18.5 Å². The summed E-state index contributed by atoms with van der Waals surface area (Å²) in [7, 11) is 0. The van der Waals surface area contributed by atoms with E-state index in [0.29, 0.717) is 16.9 Å². The summed E-state index contributed by atoms with van der Waals surface area (Å²) in [5, 5.41) is 2.66. The second-order valence-electron chi connectivity index (χ2n) is 6.89. The molecule has 0 saturated carbocycles. The van der Waals surface area contributed by atoms with E-state index >= 15 is 0 Å². The lowest BCUT2D eigenvalue weighted by molar-refractivity contribution is -0.137. The molecule has 4 aromatic rings. The number of thioether (sulfide) groups is 1. The van der Waals surface area contributed by atoms with Gasteiger partial charge in [-0.2, -0.15) is 13.2 Å². The third-order valence-electron chi connectivity index (χ3n) is 4.62. The molecule has 0 saturated heterocycles. The van der Waals surface area contributed by atoms with Crippen molar-refractivity contribution >= 4 is 23.3 Å². The van der Waals surface area contributed by atoms with Crippen molar-refractivity contribution < 1.29 is 18.0 Å². The number of pyridine rings is 1. The number of nitrogens with zero attached hydrogens (tertiary/aromatic N) is 2. The number of alkyl halides is 3. The zero-order valence-electron chi connectivity index (χ0n) is 16.3. The van der Waals surface area contributed by atoms with E-state index in [1.54, 1.807) is 30.0 Å². The van der Waals surface area contributed by atoms with Crippen LogP contribution in [0, 0.1) is 0 Å². The highest BCUT2D eigenvalue weighted by Crippen LogP contribution is 2.29. The molecule has 4 nitrogen and oxygen atoms in total. The van der Waals surface area contributed by atoms with Gasteiger partial charge in [0.25, 0.3) is 5.91 Å². The number of hydrogen-bond acceptors (Lipinski definition) is 3. The van der Waals surface area contributed by atoms with Gasteiger partial charge in [-0.1, -0.05) is 18.2 Å². The molecule has 0 radical (unpaired) electrons. The second-order valence-corrected chi connectivity index (χ2v) is 7.94. The SMILES string of the molecule is O=C(NCc1cccc(C(F)(F)F)c1)c1ccc(SCc2cn3ccccc3n2)cc1. The Hall–Kier alpha value is -3.26. The Bertz CT molecular complexity index is 1170. The largest absolute Gasteiger partial charge is 0.416 e. The first-order valence-electron chi connectivity index (χ1n) is 9.48. The fourth-order valence-corrected chi connectivity index (χ4v) is 3.84. The van der Waals surface area contributed by atoms with Crippen LogP contribution in [-0.4, -0.2) is 15.3 Å². The highest BCUT2D eigenvalue weighted by molar-refractivity contribution is 7.98. The first-order chi connectivity index (χ1) is 14.9. The van der Waals surface area contributed by atoms with Crippen molar-refractivity contribution in [3.8, 4) is 0 Å². The summed E-state index contributed by atoms with van der Waals surface area (Å²) in [6.07, 6.45) is -0.474. The summed E-state index contributed by atoms with van der Waals surface area (Å²) in [6, 6.07) is 17.9. The predicted molar refractivity (Wildman–Crippen MR) is 114 cm³/mol. The molecule has 2 heterocycles. The van der Waals surface area contributed by atoms with E-state index in [1.165, 1.54) is 6.07 Å². The van der Waals surface area contributed by atoms with Gasteiger partial charge in [0.2, 0.25) is 0 Å². The number of carbonyl (C=O) groups is 1. The molecule has 2 aromatic carbocycles. The topological polar surface area (TPSA) is 46.4 Å². The molecule has 4 rings (SSSR count). The van der Waals surface area contributed by atoms with Crippen molar-refractivity contribution in [2.24, 2.45) is 0 Å². The number of fused-ring (bicyclic) bond motifs is 1. The maximum atomic E-state index is 12.8. The first kappa shape index (κ1) is 21.0. The molecule has 8 heteroatoms. The van der Waals surface area contributed by atoms with E-state index in [0.717, 1.165) is 28.4 Å². The molecule has 0 unspecified atom stereocenters. The highest BCUT2D eigenvalue weighted by Gasteiger charge is 2.30. The van der Waals surface area contributed by atoms with Crippen LogP contribution >= 0.6 is 11.8 Å². The van der Waals surface area contributed by atoms with E-state index < -0.39 is 11.7 Å². The number of imidazole rings is 1. The summed E-state index contributed by atoms with van der Waals surface area (Å²) in [5.74, 6) is 0.359. The third-order valence-corrected chi connectivity index (χ3v) is 5.67. The summed E-state index contributed by atoms with van der Waals surface area (Å²) < 4.78 is 40.4. The molecule has 1 amide bonds. The Labute approximate surface area is 181 Å². The van der Waals surface area contributed by atoms with Gasteiger partial charge in [-0.3, -0.25) is 4.79 Å². The maximum Gasteiger partial charge on any atom is 0.416 e. The number of carbonyl (C=O) groups excluding carboxylic acids is 1. The zero-order valence-corrected chi connectivity index (χ0v) is 17.1. The first-order valence-corrected chi connectivity index (χ1v) is 10.5. The minimum Gasteiger partial charge on any atom is -0.348 e. The van der Waals surface area contributed by atoms with E-state index in [4.69, 9.17) is 0 Å². The van der Waals surface area contributed by atoms with E-state index in [2.05, 4.69) is 10.3 Å². The maximum absolute atomic E-state index is 12.8. The Morgan fingerprint density at radius 1 is 1.03 bits per heavy atom. The lowest BCUT2D eigenvalue weighted by Gasteiger charge is -2.10. The van der Waals surface area contributed by atoms with Crippen molar-refractivity contribution in [2.45, 2.75) is 23.4 Å². The molecule has 0 spiro atoms. The number of amides is 1. The molecular formula is C23H18F3N3OS. The lowest BCUT2D eigenvalue weighted by atomic mass is 10.1. The Morgan fingerprint density at radius 2 is 1.84 bits per heavy atom. The molecule has 0 aliphatic heterocycles. The van der Waals surface area contributed by atoms with Crippen molar-refractivity contribution in [1.29, 1.82) is 0 Å². The number of halogens is 3. The van der Waals surface area contributed by atoms with Crippen molar-refractivity contribution in [1.82, 2.24) is 14.7 Å². The number of hydrogen-bond donors (Lipinski definition) is 1. The smallest absolute Gasteiger partial charge is 0.348 e. The van der Waals surface area contributed by atoms with Gasteiger partial charge in [0.1, 0.15) is 5.65 Å². The predicted octanol–water partition coefficient (Wildman–Crippen LogP) is 5.58. The summed E-state index contributed by atoms with van der Waals surface area (Å²) in [4.78, 5) is 17.9. The van der Waals surface area contributed by atoms with Crippen LogP contribution in [0.5, 0.6) is 0 Å². The number of nitrogens with one attached hydrogen (secondary N) is 1. The monoisotopic (exact) mass is 441 g/mol. The van der Waals surface area contributed by atoms with Gasteiger partial charge < -0.3 is 9.72 Å². The fraction of sp³-hybridized carbons (Fsp3) is 0.130. The lowest BCUT2D eigenvalue weighted by Crippen LogP contribution is -2.22. The summed E-state index contributed by atoms with van der Waals surface area (Å²) in [5.41, 5.74) is 1.96. The molecule has 0 atom stereocenters. The number of aromatic nitrogens is 2. The number of rotatable bonds is 6. The molecule has 2 aromatic heterocycles. The third kappa shape index (κ3) is 5.27. The molecule has 0 aliphatic carbocycles. The van der Waals surface area contributed by atoms with Gasteiger partial charge in [0.15, 0.2) is 0 Å². The van der Waals surface area contributed by atoms with E-state index in [9.17, 15) is 18.0 Å². The molecular weight excluding hydrogens is 423 g/mol. The van der Waals surface area contributed by atoms with Crippen LogP contribution in [0.25, 0.3) is 5.65 Å². The number of benzene rings is 2. The normalized spacial score (nSPS) is 11.6. The Kier molecular flexibility index (Phi) is 5.99. The van der Waals surface area contributed by atoms with Gasteiger partial charge in [-0.25, -0.2) is 4.98 Å². The molecule has 1 N–H and O–H groups in total. The average Bonchev–Trinajstić information content (AvgIpc) is 3.19. The van der Waals surface area contributed by atoms with Gasteiger partial charge in [-0.05, 0) is 54.1 Å². The molecule has 0 aliphatic rings. The Balaban J connectivity index is 1.32. The van der Waals surface area contributed by atoms with Crippen molar-refractivity contribution in [3.05, 3.63) is 102 Å². The average molecular weight is 441 g/mol. The molecule has 158 valence electrons. The molecule has 0 bridgehead atoms. The minimum atomic E-state index is -4.41. The van der Waals surface area contributed by atoms with Gasteiger partial charge in [0.05, 0.1) is 11.3 Å². The van der Waals surface area contributed by atoms with Crippen molar-refractivity contribution in [2.75, 3.05) is 0 Å². The molecule has 31 heavy (non-hydrogen) atoms. The van der Waals surface area contributed by atoms with Gasteiger partial charge in [0, 0.05) is 35.2 Å². The quantitative estimate of drug-likeness (QED) is 0.398. The Morgan fingerprint density at radius 3 is 2.58 bits per heavy atom. The van der Waals surface area contributed by atoms with Crippen LogP contribution in [0.15, 0.2) is 84.0 Å². The van der Waals surface area contributed by atoms with Crippen LogP contribution in [0.4, 0.5) is 13.2 Å². The highest BCUT2D eigenvalue weighted by atomic mass is 32.2. The standard InChI is InChI=1S/C23H18F3N3OS/c24-23(25,26)18-5-3-4-16(12-18)13-27-22(30)17-7-9-20(10-8-17)31-15-19-14-29-11-2-1-6-21(29)28-19/h1-12,14H,13,15H2,(H,27,30). The van der Waals surface area contributed by atoms with Crippen LogP contribution in [0.1, 0.15) is 27.2 Å².